The number of amides is 1. The van der Waals surface area contributed by atoms with Crippen molar-refractivity contribution in [1.29, 1.82) is 0 Å². The molecule has 47 heavy (non-hydrogen) atoms. The molecule has 0 saturated carbocycles. The topological polar surface area (TPSA) is 129 Å². The summed E-state index contributed by atoms with van der Waals surface area (Å²) in [6, 6.07) is 23.5. The Balaban J connectivity index is 1.41. The highest BCUT2D eigenvalue weighted by Gasteiger charge is 2.18. The number of nitrogens with zero attached hydrogens (tertiary/aromatic N) is 1. The van der Waals surface area contributed by atoms with Crippen LogP contribution in [0.4, 0.5) is 11.4 Å². The van der Waals surface area contributed by atoms with E-state index in [-0.39, 0.29) is 46.7 Å². The molecule has 0 radical (unpaired) electrons. The molecule has 0 aliphatic carbocycles. The summed E-state index contributed by atoms with van der Waals surface area (Å²) in [4.78, 5) is 48.9. The van der Waals surface area contributed by atoms with Crippen molar-refractivity contribution in [3.63, 3.8) is 0 Å². The molecule has 1 amide bonds. The molecule has 1 heterocycles. The molecule has 9 nitrogen and oxygen atoms in total. The van der Waals surface area contributed by atoms with Gasteiger partial charge in [-0.3, -0.25) is 19.7 Å². The molecule has 0 saturated heterocycles. The third-order valence-corrected chi connectivity index (χ3v) is 7.10. The van der Waals surface area contributed by atoms with Crippen molar-refractivity contribution < 1.29 is 23.7 Å². The quantitative estimate of drug-likeness (QED) is 0.0553. The summed E-state index contributed by atoms with van der Waals surface area (Å²) in [5.74, 6) is 10.8. The SMILES string of the molecule is Cc1ccc(C#Cc2cc([N+](=O)[O-])cc(C#Cc3ccc(C)cc3)c2NC(=O)CCC(=O)Oc2ccc3c(C)cc(=O)oc3c2)cc1. The number of fused-ring (bicyclic) bond motifs is 1. The van der Waals surface area contributed by atoms with Crippen LogP contribution in [0.15, 0.2) is 94.1 Å². The van der Waals surface area contributed by atoms with Gasteiger partial charge in [0.15, 0.2) is 0 Å². The molecule has 1 aromatic heterocycles. The number of esters is 1. The van der Waals surface area contributed by atoms with E-state index in [0.29, 0.717) is 16.5 Å². The van der Waals surface area contributed by atoms with Crippen molar-refractivity contribution in [2.45, 2.75) is 33.6 Å². The fourth-order valence-corrected chi connectivity index (χ4v) is 4.59. The Labute approximate surface area is 270 Å². The van der Waals surface area contributed by atoms with Crippen molar-refractivity contribution in [3.05, 3.63) is 144 Å². The summed E-state index contributed by atoms with van der Waals surface area (Å²) >= 11 is 0. The molecule has 0 bridgehead atoms. The lowest BCUT2D eigenvalue weighted by Gasteiger charge is -2.11. The van der Waals surface area contributed by atoms with E-state index in [1.807, 2.05) is 62.4 Å². The Morgan fingerprint density at radius 2 is 1.36 bits per heavy atom. The number of nitro benzene ring substituents is 1. The lowest BCUT2D eigenvalue weighted by atomic mass is 10.0. The van der Waals surface area contributed by atoms with E-state index in [0.717, 1.165) is 16.7 Å². The summed E-state index contributed by atoms with van der Waals surface area (Å²) in [6.07, 6.45) is -0.531. The Morgan fingerprint density at radius 3 is 1.91 bits per heavy atom. The zero-order valence-corrected chi connectivity index (χ0v) is 25.8. The predicted octanol–water partition coefficient (Wildman–Crippen LogP) is 6.75. The third-order valence-electron chi connectivity index (χ3n) is 7.10. The van der Waals surface area contributed by atoms with E-state index in [1.165, 1.54) is 24.3 Å². The molecule has 0 unspecified atom stereocenters. The minimum absolute atomic E-state index is 0.161. The van der Waals surface area contributed by atoms with Crippen LogP contribution in [0.2, 0.25) is 0 Å². The fourth-order valence-electron chi connectivity index (χ4n) is 4.59. The van der Waals surface area contributed by atoms with Gasteiger partial charge in [-0.2, -0.15) is 0 Å². The highest BCUT2D eigenvalue weighted by Crippen LogP contribution is 2.28. The number of non-ortho nitro benzene ring substituents is 1. The van der Waals surface area contributed by atoms with Crippen LogP contribution in [0, 0.1) is 54.6 Å². The van der Waals surface area contributed by atoms with Crippen molar-refractivity contribution in [2.75, 3.05) is 5.32 Å². The number of hydrogen-bond donors (Lipinski definition) is 1. The van der Waals surface area contributed by atoms with Crippen molar-refractivity contribution in [1.82, 2.24) is 0 Å². The minimum atomic E-state index is -0.683. The number of aryl methyl sites for hydroxylation is 3. The number of carbonyl (C=O) groups excluding carboxylic acids is 2. The van der Waals surface area contributed by atoms with Gasteiger partial charge in [-0.1, -0.05) is 59.1 Å². The fraction of sp³-hybridized carbons (Fsp3) is 0.132. The molecule has 0 aliphatic heterocycles. The first-order chi connectivity index (χ1) is 22.5. The predicted molar refractivity (Wildman–Crippen MR) is 178 cm³/mol. The summed E-state index contributed by atoms with van der Waals surface area (Å²) < 4.78 is 10.6. The second-order valence-electron chi connectivity index (χ2n) is 10.8. The van der Waals surface area contributed by atoms with Crippen LogP contribution in [0.25, 0.3) is 11.0 Å². The van der Waals surface area contributed by atoms with E-state index >= 15 is 0 Å². The van der Waals surface area contributed by atoms with Gasteiger partial charge in [0.1, 0.15) is 11.3 Å². The number of carbonyl (C=O) groups is 2. The van der Waals surface area contributed by atoms with E-state index in [2.05, 4.69) is 29.0 Å². The van der Waals surface area contributed by atoms with Crippen molar-refractivity contribution >= 4 is 34.2 Å². The number of rotatable bonds is 6. The van der Waals surface area contributed by atoms with Gasteiger partial charge in [0.05, 0.1) is 28.2 Å². The lowest BCUT2D eigenvalue weighted by Crippen LogP contribution is -2.17. The van der Waals surface area contributed by atoms with Gasteiger partial charge < -0.3 is 14.5 Å². The molecule has 0 aliphatic rings. The van der Waals surface area contributed by atoms with E-state index in [4.69, 9.17) is 9.15 Å². The van der Waals surface area contributed by atoms with E-state index < -0.39 is 22.4 Å². The van der Waals surface area contributed by atoms with Crippen LogP contribution >= 0.6 is 0 Å². The van der Waals surface area contributed by atoms with Crippen LogP contribution in [0.1, 0.15) is 51.8 Å². The molecule has 0 spiro atoms. The van der Waals surface area contributed by atoms with Gasteiger partial charge in [0, 0.05) is 47.2 Å². The van der Waals surface area contributed by atoms with Crippen molar-refractivity contribution in [2.24, 2.45) is 0 Å². The number of benzene rings is 4. The first-order valence-corrected chi connectivity index (χ1v) is 14.6. The molecule has 0 fully saturated rings. The lowest BCUT2D eigenvalue weighted by molar-refractivity contribution is -0.384. The molecule has 5 rings (SSSR count). The number of nitrogens with one attached hydrogen (secondary N) is 1. The summed E-state index contributed by atoms with van der Waals surface area (Å²) in [6.45, 7) is 5.66. The van der Waals surface area contributed by atoms with Gasteiger partial charge in [0.25, 0.3) is 5.69 Å². The second kappa shape index (κ2) is 14.1. The molecular weight excluding hydrogens is 596 g/mol. The van der Waals surface area contributed by atoms with Crippen LogP contribution < -0.4 is 15.7 Å². The standard InChI is InChI=1S/C38H28N2O7/c1-24-4-8-27(9-5-24)12-14-29-21-31(40(44)45)22-30(15-13-28-10-6-25(2)7-11-28)38(29)39-35(41)18-19-36(42)46-32-16-17-33-26(3)20-37(43)47-34(33)23-32/h4-11,16-17,20-23H,18-19H2,1-3H3,(H,39,41). The van der Waals surface area contributed by atoms with Crippen LogP contribution in [-0.2, 0) is 9.59 Å². The smallest absolute Gasteiger partial charge is 0.336 e. The van der Waals surface area contributed by atoms with E-state index in [9.17, 15) is 24.5 Å². The summed E-state index contributed by atoms with van der Waals surface area (Å²) in [7, 11) is 0. The van der Waals surface area contributed by atoms with E-state index in [1.54, 1.807) is 19.1 Å². The normalized spacial score (nSPS) is 10.3. The van der Waals surface area contributed by atoms with Crippen LogP contribution in [0.3, 0.4) is 0 Å². The Morgan fingerprint density at radius 1 is 0.787 bits per heavy atom. The summed E-state index contributed by atoms with van der Waals surface area (Å²) in [5, 5.41) is 15.3. The number of ether oxygens (including phenoxy) is 1. The van der Waals surface area contributed by atoms with Gasteiger partial charge in [-0.15, -0.1) is 0 Å². The maximum absolute atomic E-state index is 13.2. The zero-order valence-electron chi connectivity index (χ0n) is 25.8. The van der Waals surface area contributed by atoms with Gasteiger partial charge in [-0.25, -0.2) is 4.79 Å². The number of nitro groups is 1. The first kappa shape index (κ1) is 32.0. The Hall–Kier alpha value is -6.45. The molecule has 0 atom stereocenters. The molecule has 1 N–H and O–H groups in total. The maximum atomic E-state index is 13.2. The average molecular weight is 625 g/mol. The molecule has 9 heteroatoms. The number of anilines is 1. The maximum Gasteiger partial charge on any atom is 0.336 e. The Bertz CT molecular complexity index is 2130. The monoisotopic (exact) mass is 624 g/mol. The zero-order chi connectivity index (χ0) is 33.5. The minimum Gasteiger partial charge on any atom is -0.426 e. The third kappa shape index (κ3) is 8.39. The first-order valence-electron chi connectivity index (χ1n) is 14.6. The van der Waals surface area contributed by atoms with Crippen molar-refractivity contribution in [3.8, 4) is 29.4 Å². The van der Waals surface area contributed by atoms with Gasteiger partial charge >= 0.3 is 11.6 Å². The second-order valence-corrected chi connectivity index (χ2v) is 10.8. The Kier molecular flexibility index (Phi) is 9.59. The molecule has 232 valence electrons. The van der Waals surface area contributed by atoms with Crippen LogP contribution in [-0.4, -0.2) is 16.8 Å². The largest absolute Gasteiger partial charge is 0.426 e. The van der Waals surface area contributed by atoms with Crippen LogP contribution in [0.5, 0.6) is 5.75 Å². The molecule has 4 aromatic carbocycles. The summed E-state index contributed by atoms with van der Waals surface area (Å²) in [5.41, 5.74) is 4.26. The number of hydrogen-bond acceptors (Lipinski definition) is 7. The molecule has 5 aromatic rings. The van der Waals surface area contributed by atoms with Gasteiger partial charge in [-0.05, 0) is 62.7 Å². The highest BCUT2D eigenvalue weighted by molar-refractivity contribution is 5.96. The average Bonchev–Trinajstić information content (AvgIpc) is 3.03. The van der Waals surface area contributed by atoms with Gasteiger partial charge in [0.2, 0.25) is 5.91 Å². The highest BCUT2D eigenvalue weighted by atomic mass is 16.6. The molecular formula is C38H28N2O7.